The van der Waals surface area contributed by atoms with Crippen molar-refractivity contribution < 1.29 is 14.4 Å². The van der Waals surface area contributed by atoms with E-state index in [1.807, 2.05) is 6.92 Å². The number of hydrogen-bond acceptors (Lipinski definition) is 3. The van der Waals surface area contributed by atoms with Gasteiger partial charge in [0, 0.05) is 29.6 Å². The number of Topliss-reactive ketones (excluding diaryl/α,β-unsaturated/α-hetero) is 1. The topological polar surface area (TPSA) is 75.3 Å². The maximum atomic E-state index is 12.4. The summed E-state index contributed by atoms with van der Waals surface area (Å²) in [5, 5.41) is 5.82. The second kappa shape index (κ2) is 8.62. The van der Waals surface area contributed by atoms with Crippen LogP contribution in [0.4, 0.5) is 5.69 Å². The van der Waals surface area contributed by atoms with E-state index >= 15 is 0 Å². The molecule has 0 aliphatic heterocycles. The molecule has 0 atom stereocenters. The zero-order valence-corrected chi connectivity index (χ0v) is 14.4. The minimum Gasteiger partial charge on any atom is -0.356 e. The highest BCUT2D eigenvalue weighted by Crippen LogP contribution is 2.30. The fraction of sp³-hybridized carbons (Fsp3) is 0.526. The van der Waals surface area contributed by atoms with Gasteiger partial charge in [0.05, 0.1) is 0 Å². The third-order valence-electron chi connectivity index (χ3n) is 4.55. The summed E-state index contributed by atoms with van der Waals surface area (Å²) in [7, 11) is 0. The Morgan fingerprint density at radius 2 is 1.67 bits per heavy atom. The molecular weight excluding hydrogens is 304 g/mol. The smallest absolute Gasteiger partial charge is 0.227 e. The Labute approximate surface area is 143 Å². The average molecular weight is 330 g/mol. The fourth-order valence-corrected chi connectivity index (χ4v) is 3.07. The highest BCUT2D eigenvalue weighted by molar-refractivity contribution is 5.97. The van der Waals surface area contributed by atoms with E-state index in [4.69, 9.17) is 0 Å². The van der Waals surface area contributed by atoms with Crippen molar-refractivity contribution in [3.05, 3.63) is 29.8 Å². The number of amides is 2. The van der Waals surface area contributed by atoms with E-state index in [2.05, 4.69) is 10.6 Å². The Morgan fingerprint density at radius 3 is 2.25 bits per heavy atom. The van der Waals surface area contributed by atoms with Gasteiger partial charge >= 0.3 is 0 Å². The lowest BCUT2D eigenvalue weighted by Crippen LogP contribution is -2.35. The fourth-order valence-electron chi connectivity index (χ4n) is 3.07. The first kappa shape index (κ1) is 18.2. The van der Waals surface area contributed by atoms with Gasteiger partial charge in [-0.1, -0.05) is 19.1 Å². The zero-order valence-electron chi connectivity index (χ0n) is 14.4. The molecule has 1 aliphatic carbocycles. The maximum absolute atomic E-state index is 12.4. The molecule has 0 spiro atoms. The number of carbonyl (C=O) groups is 3. The molecule has 24 heavy (non-hydrogen) atoms. The van der Waals surface area contributed by atoms with Gasteiger partial charge in [-0.05, 0) is 51.2 Å². The number of ketones is 1. The minimum absolute atomic E-state index is 0.0234. The van der Waals surface area contributed by atoms with Crippen LogP contribution in [0.25, 0.3) is 0 Å². The predicted molar refractivity (Wildman–Crippen MR) is 93.8 cm³/mol. The van der Waals surface area contributed by atoms with Crippen molar-refractivity contribution >= 4 is 23.3 Å². The quantitative estimate of drug-likeness (QED) is 0.787. The molecule has 1 aromatic carbocycles. The molecule has 1 aliphatic rings. The molecule has 0 radical (unpaired) electrons. The van der Waals surface area contributed by atoms with Crippen molar-refractivity contribution in [1.82, 2.24) is 5.32 Å². The standard InChI is InChI=1S/C19H26N2O3/c1-3-11-20-18(23)14-7-9-15(10-8-14)19(24)21-17-6-4-5-16(12-17)13(2)22/h4-6,12,14-15H,3,7-11H2,1-2H3,(H,20,23)(H,21,24). The Balaban J connectivity index is 1.86. The van der Waals surface area contributed by atoms with Crippen LogP contribution in [0.5, 0.6) is 0 Å². The van der Waals surface area contributed by atoms with E-state index in [1.54, 1.807) is 24.3 Å². The van der Waals surface area contributed by atoms with Gasteiger partial charge in [0.15, 0.2) is 5.78 Å². The van der Waals surface area contributed by atoms with Crippen molar-refractivity contribution in [3.63, 3.8) is 0 Å². The second-order valence-corrected chi connectivity index (χ2v) is 6.47. The van der Waals surface area contributed by atoms with E-state index < -0.39 is 0 Å². The Kier molecular flexibility index (Phi) is 6.53. The van der Waals surface area contributed by atoms with Gasteiger partial charge in [-0.25, -0.2) is 0 Å². The summed E-state index contributed by atoms with van der Waals surface area (Å²) < 4.78 is 0. The van der Waals surface area contributed by atoms with Gasteiger partial charge in [-0.2, -0.15) is 0 Å². The molecule has 0 unspecified atom stereocenters. The predicted octanol–water partition coefficient (Wildman–Crippen LogP) is 3.16. The molecule has 0 saturated heterocycles. The van der Waals surface area contributed by atoms with E-state index in [1.165, 1.54) is 6.92 Å². The van der Waals surface area contributed by atoms with Crippen molar-refractivity contribution in [2.24, 2.45) is 11.8 Å². The van der Waals surface area contributed by atoms with E-state index in [-0.39, 0.29) is 29.4 Å². The molecule has 1 saturated carbocycles. The SMILES string of the molecule is CCCNC(=O)C1CCC(C(=O)Nc2cccc(C(C)=O)c2)CC1. The summed E-state index contributed by atoms with van der Waals surface area (Å²) in [6.07, 6.45) is 3.88. The lowest BCUT2D eigenvalue weighted by Gasteiger charge is -2.27. The van der Waals surface area contributed by atoms with Crippen LogP contribution in [0, 0.1) is 11.8 Å². The average Bonchev–Trinajstić information content (AvgIpc) is 2.60. The molecule has 0 bridgehead atoms. The lowest BCUT2D eigenvalue weighted by molar-refractivity contribution is -0.128. The molecule has 5 heteroatoms. The molecular formula is C19H26N2O3. The first-order valence-electron chi connectivity index (χ1n) is 8.70. The third kappa shape index (κ3) is 4.91. The number of anilines is 1. The summed E-state index contributed by atoms with van der Waals surface area (Å²) in [5.74, 6) is 0.0283. The Hall–Kier alpha value is -2.17. The van der Waals surface area contributed by atoms with Gasteiger partial charge in [-0.3, -0.25) is 14.4 Å². The number of hydrogen-bond donors (Lipinski definition) is 2. The summed E-state index contributed by atoms with van der Waals surface area (Å²) in [6.45, 7) is 4.25. The van der Waals surface area contributed by atoms with Crippen LogP contribution in [0.1, 0.15) is 56.3 Å². The third-order valence-corrected chi connectivity index (χ3v) is 4.55. The highest BCUT2D eigenvalue weighted by Gasteiger charge is 2.29. The van der Waals surface area contributed by atoms with Gasteiger partial charge in [-0.15, -0.1) is 0 Å². The van der Waals surface area contributed by atoms with Crippen molar-refractivity contribution in [3.8, 4) is 0 Å². The van der Waals surface area contributed by atoms with Gasteiger partial charge in [0.25, 0.3) is 0 Å². The van der Waals surface area contributed by atoms with E-state index in [0.717, 1.165) is 32.1 Å². The summed E-state index contributed by atoms with van der Waals surface area (Å²) in [5.41, 5.74) is 1.24. The van der Waals surface area contributed by atoms with Gasteiger partial charge in [0.1, 0.15) is 0 Å². The molecule has 1 aromatic rings. The Morgan fingerprint density at radius 1 is 1.04 bits per heavy atom. The van der Waals surface area contributed by atoms with Crippen LogP contribution in [0.15, 0.2) is 24.3 Å². The Bertz CT molecular complexity index is 604. The van der Waals surface area contributed by atoms with Gasteiger partial charge < -0.3 is 10.6 Å². The first-order valence-corrected chi connectivity index (χ1v) is 8.70. The molecule has 5 nitrogen and oxygen atoms in total. The van der Waals surface area contributed by atoms with Crippen LogP contribution in [-0.2, 0) is 9.59 Å². The van der Waals surface area contributed by atoms with Crippen molar-refractivity contribution in [1.29, 1.82) is 0 Å². The molecule has 2 rings (SSSR count). The molecule has 2 amide bonds. The number of rotatable bonds is 6. The maximum Gasteiger partial charge on any atom is 0.227 e. The second-order valence-electron chi connectivity index (χ2n) is 6.47. The monoisotopic (exact) mass is 330 g/mol. The lowest BCUT2D eigenvalue weighted by atomic mass is 9.81. The summed E-state index contributed by atoms with van der Waals surface area (Å²) in [6, 6.07) is 6.98. The van der Waals surface area contributed by atoms with E-state index in [9.17, 15) is 14.4 Å². The molecule has 1 fully saturated rings. The first-order chi connectivity index (χ1) is 11.5. The zero-order chi connectivity index (χ0) is 17.5. The number of benzene rings is 1. The normalized spacial score (nSPS) is 20.2. The minimum atomic E-state index is -0.0683. The largest absolute Gasteiger partial charge is 0.356 e. The summed E-state index contributed by atoms with van der Waals surface area (Å²) in [4.78, 5) is 35.8. The van der Waals surface area contributed by atoms with E-state index in [0.29, 0.717) is 17.8 Å². The number of nitrogens with one attached hydrogen (secondary N) is 2. The van der Waals surface area contributed by atoms with Crippen LogP contribution in [-0.4, -0.2) is 24.1 Å². The summed E-state index contributed by atoms with van der Waals surface area (Å²) >= 11 is 0. The van der Waals surface area contributed by atoms with Crippen LogP contribution in [0.3, 0.4) is 0 Å². The molecule has 130 valence electrons. The van der Waals surface area contributed by atoms with Crippen molar-refractivity contribution in [2.45, 2.75) is 46.0 Å². The van der Waals surface area contributed by atoms with Crippen LogP contribution in [0.2, 0.25) is 0 Å². The highest BCUT2D eigenvalue weighted by atomic mass is 16.2. The van der Waals surface area contributed by atoms with Crippen LogP contribution >= 0.6 is 0 Å². The van der Waals surface area contributed by atoms with Crippen LogP contribution < -0.4 is 10.6 Å². The van der Waals surface area contributed by atoms with Crippen molar-refractivity contribution in [2.75, 3.05) is 11.9 Å². The van der Waals surface area contributed by atoms with Gasteiger partial charge in [0.2, 0.25) is 11.8 Å². The number of carbonyl (C=O) groups excluding carboxylic acids is 3. The molecule has 2 N–H and O–H groups in total. The molecule has 0 heterocycles. The molecule has 0 aromatic heterocycles.